The van der Waals surface area contributed by atoms with Gasteiger partial charge in [-0.15, -0.1) is 11.3 Å². The molecule has 1 fully saturated rings. The van der Waals surface area contributed by atoms with E-state index in [1.54, 1.807) is 6.20 Å². The molecule has 0 amide bonds. The minimum atomic E-state index is -0.529. The molecule has 1 N–H and O–H groups in total. The Bertz CT molecular complexity index is 1050. The van der Waals surface area contributed by atoms with Crippen molar-refractivity contribution in [1.29, 1.82) is 5.26 Å². The van der Waals surface area contributed by atoms with Gasteiger partial charge in [-0.2, -0.15) is 5.26 Å². The Hall–Kier alpha value is -2.53. The first kappa shape index (κ1) is 21.7. The van der Waals surface area contributed by atoms with Crippen LogP contribution < -0.4 is 5.32 Å². The highest BCUT2D eigenvalue weighted by atomic mass is 35.5. The number of anilines is 1. The Kier molecular flexibility index (Phi) is 7.13. The molecule has 160 valence electrons. The number of hydrogen-bond donors (Lipinski definition) is 1. The first-order valence-electron chi connectivity index (χ1n) is 10.5. The van der Waals surface area contributed by atoms with Crippen molar-refractivity contribution in [3.63, 3.8) is 0 Å². The van der Waals surface area contributed by atoms with E-state index in [1.807, 2.05) is 36.6 Å². The van der Waals surface area contributed by atoms with Gasteiger partial charge in [0.05, 0.1) is 17.5 Å². The van der Waals surface area contributed by atoms with Crippen LogP contribution in [0.3, 0.4) is 0 Å². The Morgan fingerprint density at radius 3 is 2.74 bits per heavy atom. The average Bonchev–Trinajstić information content (AvgIpc) is 3.47. The van der Waals surface area contributed by atoms with Gasteiger partial charge < -0.3 is 10.2 Å². The molecule has 2 aromatic heterocycles. The third-order valence-corrected chi connectivity index (χ3v) is 6.62. The van der Waals surface area contributed by atoms with Crippen LogP contribution in [0, 0.1) is 18.3 Å². The van der Waals surface area contributed by atoms with Crippen LogP contribution in [0.2, 0.25) is 5.02 Å². The number of halogens is 1. The monoisotopic (exact) mass is 452 g/mol. The van der Waals surface area contributed by atoms with Crippen molar-refractivity contribution >= 4 is 28.9 Å². The van der Waals surface area contributed by atoms with Crippen LogP contribution in [0.5, 0.6) is 0 Å². The largest absolute Gasteiger partial charge is 0.354 e. The molecular weight excluding hydrogens is 428 g/mol. The fourth-order valence-corrected chi connectivity index (χ4v) is 4.75. The van der Waals surface area contributed by atoms with E-state index in [0.717, 1.165) is 41.3 Å². The van der Waals surface area contributed by atoms with Gasteiger partial charge in [0, 0.05) is 28.7 Å². The lowest BCUT2D eigenvalue weighted by molar-refractivity contribution is 0.337. The summed E-state index contributed by atoms with van der Waals surface area (Å²) >= 11 is 7.46. The summed E-state index contributed by atoms with van der Waals surface area (Å²) in [4.78, 5) is 16.3. The summed E-state index contributed by atoms with van der Waals surface area (Å²) in [5.41, 5.74) is 3.40. The number of likely N-dealkylation sites (tertiary alicyclic amines) is 1. The molecule has 0 bridgehead atoms. The van der Waals surface area contributed by atoms with E-state index in [2.05, 4.69) is 26.3 Å². The van der Waals surface area contributed by atoms with Gasteiger partial charge in [0.2, 0.25) is 5.95 Å². The van der Waals surface area contributed by atoms with E-state index in [4.69, 9.17) is 16.6 Å². The quantitative estimate of drug-likeness (QED) is 0.478. The number of aromatic nitrogens is 3. The van der Waals surface area contributed by atoms with Crippen LogP contribution in [-0.2, 0) is 0 Å². The van der Waals surface area contributed by atoms with E-state index >= 15 is 0 Å². The second-order valence-corrected chi connectivity index (χ2v) is 9.06. The molecule has 4 rings (SSSR count). The predicted molar refractivity (Wildman–Crippen MR) is 126 cm³/mol. The highest BCUT2D eigenvalue weighted by molar-refractivity contribution is 7.10. The van der Waals surface area contributed by atoms with Gasteiger partial charge in [-0.25, -0.2) is 15.0 Å². The molecule has 6 nitrogen and oxygen atoms in total. The maximum absolute atomic E-state index is 9.91. The molecule has 1 unspecified atom stereocenters. The average molecular weight is 453 g/mol. The van der Waals surface area contributed by atoms with Gasteiger partial charge in [-0.05, 0) is 63.5 Å². The molecule has 0 spiro atoms. The van der Waals surface area contributed by atoms with Crippen LogP contribution in [0.1, 0.15) is 41.4 Å². The summed E-state index contributed by atoms with van der Waals surface area (Å²) in [6.45, 7) is 6.26. The standard InChI is InChI=1S/C23H25ClN6S/c1-16-14-27-23(26-9-4-12-30-10-2-3-11-30)29-21(16)19(13-25)22-28-20(15-31-22)17-5-7-18(24)8-6-17/h5-8,14-15,19H,2-4,9-12H2,1H3,(H,26,27,29). The van der Waals surface area contributed by atoms with Crippen molar-refractivity contribution < 1.29 is 0 Å². The highest BCUT2D eigenvalue weighted by Crippen LogP contribution is 2.31. The van der Waals surface area contributed by atoms with Crippen LogP contribution >= 0.6 is 22.9 Å². The van der Waals surface area contributed by atoms with Crippen molar-refractivity contribution in [3.05, 3.63) is 57.1 Å². The van der Waals surface area contributed by atoms with Crippen molar-refractivity contribution in [2.45, 2.75) is 32.1 Å². The summed E-state index contributed by atoms with van der Waals surface area (Å²) in [6, 6.07) is 9.93. The van der Waals surface area contributed by atoms with Crippen molar-refractivity contribution in [1.82, 2.24) is 19.9 Å². The third kappa shape index (κ3) is 5.40. The minimum absolute atomic E-state index is 0.529. The maximum atomic E-state index is 9.91. The van der Waals surface area contributed by atoms with E-state index in [-0.39, 0.29) is 0 Å². The first-order chi connectivity index (χ1) is 15.1. The van der Waals surface area contributed by atoms with Gasteiger partial charge in [-0.1, -0.05) is 23.7 Å². The lowest BCUT2D eigenvalue weighted by Gasteiger charge is -2.15. The smallest absolute Gasteiger partial charge is 0.222 e. The molecule has 0 radical (unpaired) electrons. The van der Waals surface area contributed by atoms with E-state index in [9.17, 15) is 5.26 Å². The van der Waals surface area contributed by atoms with Gasteiger partial charge >= 0.3 is 0 Å². The third-order valence-electron chi connectivity index (χ3n) is 5.46. The zero-order chi connectivity index (χ0) is 21.6. The summed E-state index contributed by atoms with van der Waals surface area (Å²) < 4.78 is 0. The van der Waals surface area contributed by atoms with E-state index in [0.29, 0.717) is 16.7 Å². The van der Waals surface area contributed by atoms with Crippen molar-refractivity contribution in [2.75, 3.05) is 31.5 Å². The van der Waals surface area contributed by atoms with Crippen molar-refractivity contribution in [3.8, 4) is 17.3 Å². The number of thiazole rings is 1. The molecule has 0 saturated carbocycles. The summed E-state index contributed by atoms with van der Waals surface area (Å²) in [5, 5.41) is 16.6. The predicted octanol–water partition coefficient (Wildman–Crippen LogP) is 5.12. The molecule has 8 heteroatoms. The first-order valence-corrected chi connectivity index (χ1v) is 11.8. The van der Waals surface area contributed by atoms with Crippen LogP contribution in [0.4, 0.5) is 5.95 Å². The minimum Gasteiger partial charge on any atom is -0.354 e. The highest BCUT2D eigenvalue weighted by Gasteiger charge is 2.22. The SMILES string of the molecule is Cc1cnc(NCCCN2CCCC2)nc1C(C#N)c1nc(-c2ccc(Cl)cc2)cs1. The normalized spacial score (nSPS) is 15.0. The van der Waals surface area contributed by atoms with Crippen molar-refractivity contribution in [2.24, 2.45) is 0 Å². The molecule has 31 heavy (non-hydrogen) atoms. The number of benzene rings is 1. The molecule has 1 aliphatic rings. The van der Waals surface area contributed by atoms with Crippen LogP contribution in [0.25, 0.3) is 11.3 Å². The Balaban J connectivity index is 1.46. The fourth-order valence-electron chi connectivity index (χ4n) is 3.75. The summed E-state index contributed by atoms with van der Waals surface area (Å²) in [7, 11) is 0. The molecular formula is C23H25ClN6S. The van der Waals surface area contributed by atoms with Crippen LogP contribution in [0.15, 0.2) is 35.8 Å². The summed E-state index contributed by atoms with van der Waals surface area (Å²) in [5.74, 6) is 0.0379. The molecule has 3 aromatic rings. The number of nitrogens with zero attached hydrogens (tertiary/aromatic N) is 5. The number of hydrogen-bond acceptors (Lipinski definition) is 7. The summed E-state index contributed by atoms with van der Waals surface area (Å²) in [6.07, 6.45) is 5.45. The molecule has 3 heterocycles. The fraction of sp³-hybridized carbons (Fsp3) is 0.391. The molecule has 1 saturated heterocycles. The lowest BCUT2D eigenvalue weighted by atomic mass is 10.0. The second-order valence-electron chi connectivity index (χ2n) is 7.73. The topological polar surface area (TPSA) is 77.7 Å². The van der Waals surface area contributed by atoms with Gasteiger partial charge in [0.15, 0.2) is 0 Å². The number of rotatable bonds is 8. The van der Waals surface area contributed by atoms with Crippen LogP contribution in [-0.4, -0.2) is 46.0 Å². The molecule has 1 aromatic carbocycles. The molecule has 1 aliphatic heterocycles. The zero-order valence-electron chi connectivity index (χ0n) is 17.5. The molecule has 1 atom stereocenters. The van der Waals surface area contributed by atoms with E-state index in [1.165, 1.54) is 37.3 Å². The number of nitriles is 1. The van der Waals surface area contributed by atoms with E-state index < -0.39 is 5.92 Å². The van der Waals surface area contributed by atoms with Gasteiger partial charge in [0.25, 0.3) is 0 Å². The Labute approximate surface area is 191 Å². The maximum Gasteiger partial charge on any atom is 0.222 e. The zero-order valence-corrected chi connectivity index (χ0v) is 19.1. The Morgan fingerprint density at radius 2 is 2.00 bits per heavy atom. The molecule has 0 aliphatic carbocycles. The lowest BCUT2D eigenvalue weighted by Crippen LogP contribution is -2.22. The number of aryl methyl sites for hydroxylation is 1. The van der Waals surface area contributed by atoms with Gasteiger partial charge in [-0.3, -0.25) is 0 Å². The second kappa shape index (κ2) is 10.2. The van der Waals surface area contributed by atoms with Gasteiger partial charge in [0.1, 0.15) is 10.9 Å². The number of nitrogens with one attached hydrogen (secondary N) is 1. The Morgan fingerprint density at radius 1 is 1.23 bits per heavy atom.